The highest BCUT2D eigenvalue weighted by molar-refractivity contribution is 5.90. The van der Waals surface area contributed by atoms with Crippen molar-refractivity contribution in [1.82, 2.24) is 0 Å². The van der Waals surface area contributed by atoms with E-state index in [1.54, 1.807) is 0 Å². The van der Waals surface area contributed by atoms with Gasteiger partial charge in [0, 0.05) is 12.1 Å². The first kappa shape index (κ1) is 15.7. The fourth-order valence-corrected chi connectivity index (χ4v) is 1.88. The Morgan fingerprint density at radius 2 is 1.74 bits per heavy atom. The first-order valence-corrected chi connectivity index (χ1v) is 7.04. The maximum Gasteiger partial charge on any atom is 0.224 e. The molecule has 3 heteroatoms. The van der Waals surface area contributed by atoms with Gasteiger partial charge in [0.1, 0.15) is 0 Å². The van der Waals surface area contributed by atoms with Crippen molar-refractivity contribution in [3.05, 3.63) is 29.8 Å². The van der Waals surface area contributed by atoms with Gasteiger partial charge in [0.25, 0.3) is 0 Å². The average molecular weight is 262 g/mol. The number of benzene rings is 1. The molecule has 0 aliphatic carbocycles. The summed E-state index contributed by atoms with van der Waals surface area (Å²) in [6.45, 7) is 7.24. The topological polar surface area (TPSA) is 55.1 Å². The maximum atomic E-state index is 11.7. The van der Waals surface area contributed by atoms with Gasteiger partial charge >= 0.3 is 0 Å². The molecule has 19 heavy (non-hydrogen) atoms. The van der Waals surface area contributed by atoms with Crippen LogP contribution in [0.3, 0.4) is 0 Å². The summed E-state index contributed by atoms with van der Waals surface area (Å²) in [6, 6.07) is 8.09. The van der Waals surface area contributed by atoms with E-state index in [4.69, 9.17) is 5.73 Å². The molecule has 0 aromatic heterocycles. The van der Waals surface area contributed by atoms with E-state index in [-0.39, 0.29) is 11.3 Å². The van der Waals surface area contributed by atoms with Crippen molar-refractivity contribution in [2.24, 2.45) is 5.73 Å². The molecule has 1 amide bonds. The summed E-state index contributed by atoms with van der Waals surface area (Å²) in [5.74, 6) is 0.0838. The minimum Gasteiger partial charge on any atom is -0.330 e. The van der Waals surface area contributed by atoms with E-state index in [1.807, 2.05) is 12.1 Å². The summed E-state index contributed by atoms with van der Waals surface area (Å²) in [7, 11) is 0. The van der Waals surface area contributed by atoms with Crippen LogP contribution in [0.2, 0.25) is 0 Å². The lowest BCUT2D eigenvalue weighted by Crippen LogP contribution is -2.13. The molecule has 0 radical (unpaired) electrons. The fraction of sp³-hybridized carbons (Fsp3) is 0.562. The van der Waals surface area contributed by atoms with Gasteiger partial charge in [-0.15, -0.1) is 0 Å². The van der Waals surface area contributed by atoms with Gasteiger partial charge in [-0.05, 0) is 42.5 Å². The number of nitrogens with one attached hydrogen (secondary N) is 1. The van der Waals surface area contributed by atoms with E-state index in [0.717, 1.165) is 24.9 Å². The maximum absolute atomic E-state index is 11.7. The van der Waals surface area contributed by atoms with E-state index in [0.29, 0.717) is 13.0 Å². The lowest BCUT2D eigenvalue weighted by molar-refractivity contribution is -0.116. The normalized spacial score (nSPS) is 11.4. The zero-order valence-corrected chi connectivity index (χ0v) is 12.3. The van der Waals surface area contributed by atoms with Gasteiger partial charge in [-0.3, -0.25) is 4.79 Å². The molecule has 0 unspecified atom stereocenters. The lowest BCUT2D eigenvalue weighted by atomic mass is 9.87. The Labute approximate surface area is 116 Å². The lowest BCUT2D eigenvalue weighted by Gasteiger charge is -2.19. The molecule has 3 N–H and O–H groups in total. The van der Waals surface area contributed by atoms with Crippen LogP contribution < -0.4 is 11.1 Å². The summed E-state index contributed by atoms with van der Waals surface area (Å²) >= 11 is 0. The second kappa shape index (κ2) is 7.29. The van der Waals surface area contributed by atoms with Crippen molar-refractivity contribution in [3.8, 4) is 0 Å². The molecule has 0 aliphatic rings. The Kier molecular flexibility index (Phi) is 6.03. The molecule has 1 rings (SSSR count). The summed E-state index contributed by atoms with van der Waals surface area (Å²) < 4.78 is 0. The van der Waals surface area contributed by atoms with Crippen molar-refractivity contribution < 1.29 is 4.79 Å². The van der Waals surface area contributed by atoms with Crippen LogP contribution >= 0.6 is 0 Å². The van der Waals surface area contributed by atoms with Crippen LogP contribution in [0.1, 0.15) is 52.0 Å². The van der Waals surface area contributed by atoms with E-state index >= 15 is 0 Å². The molecule has 1 aromatic carbocycles. The van der Waals surface area contributed by atoms with Gasteiger partial charge in [0.2, 0.25) is 5.91 Å². The Hall–Kier alpha value is -1.35. The quantitative estimate of drug-likeness (QED) is 0.772. The minimum atomic E-state index is 0.0838. The van der Waals surface area contributed by atoms with Gasteiger partial charge in [0.05, 0.1) is 0 Å². The highest BCUT2D eigenvalue weighted by Crippen LogP contribution is 2.23. The Balaban J connectivity index is 2.43. The second-order valence-corrected chi connectivity index (χ2v) is 5.97. The van der Waals surface area contributed by atoms with Gasteiger partial charge < -0.3 is 11.1 Å². The van der Waals surface area contributed by atoms with Crippen molar-refractivity contribution in [3.63, 3.8) is 0 Å². The number of unbranched alkanes of at least 4 members (excludes halogenated alkanes) is 2. The van der Waals surface area contributed by atoms with Crippen molar-refractivity contribution >= 4 is 11.6 Å². The van der Waals surface area contributed by atoms with Crippen LogP contribution in [0, 0.1) is 0 Å². The zero-order chi connectivity index (χ0) is 14.3. The number of carbonyl (C=O) groups is 1. The molecule has 0 bridgehead atoms. The molecule has 0 atom stereocenters. The average Bonchev–Trinajstić information content (AvgIpc) is 2.34. The first-order chi connectivity index (χ1) is 8.93. The fourth-order valence-electron chi connectivity index (χ4n) is 1.88. The van der Waals surface area contributed by atoms with Crippen LogP contribution in [-0.2, 0) is 10.2 Å². The Bertz CT molecular complexity index is 390. The zero-order valence-electron chi connectivity index (χ0n) is 12.3. The predicted octanol–water partition coefficient (Wildman–Crippen LogP) is 3.44. The monoisotopic (exact) mass is 262 g/mol. The smallest absolute Gasteiger partial charge is 0.224 e. The van der Waals surface area contributed by atoms with Gasteiger partial charge in [-0.1, -0.05) is 39.3 Å². The summed E-state index contributed by atoms with van der Waals surface area (Å²) in [5.41, 5.74) is 7.70. The van der Waals surface area contributed by atoms with Gasteiger partial charge in [0.15, 0.2) is 0 Å². The summed E-state index contributed by atoms with van der Waals surface area (Å²) in [6.07, 6.45) is 3.49. The Morgan fingerprint density at radius 3 is 2.26 bits per heavy atom. The van der Waals surface area contributed by atoms with Gasteiger partial charge in [-0.25, -0.2) is 0 Å². The van der Waals surface area contributed by atoms with E-state index in [9.17, 15) is 4.79 Å². The van der Waals surface area contributed by atoms with E-state index < -0.39 is 0 Å². The number of amides is 1. The van der Waals surface area contributed by atoms with Gasteiger partial charge in [-0.2, -0.15) is 0 Å². The molecule has 0 fully saturated rings. The minimum absolute atomic E-state index is 0.0838. The molecular formula is C16H26N2O. The second-order valence-electron chi connectivity index (χ2n) is 5.97. The third-order valence-electron chi connectivity index (χ3n) is 3.14. The van der Waals surface area contributed by atoms with Crippen molar-refractivity contribution in [2.45, 2.75) is 51.9 Å². The highest BCUT2D eigenvalue weighted by atomic mass is 16.1. The molecule has 3 nitrogen and oxygen atoms in total. The third-order valence-corrected chi connectivity index (χ3v) is 3.14. The van der Waals surface area contributed by atoms with Crippen LogP contribution in [-0.4, -0.2) is 12.5 Å². The van der Waals surface area contributed by atoms with Crippen molar-refractivity contribution in [2.75, 3.05) is 11.9 Å². The van der Waals surface area contributed by atoms with Crippen LogP contribution in [0.5, 0.6) is 0 Å². The Morgan fingerprint density at radius 1 is 1.11 bits per heavy atom. The van der Waals surface area contributed by atoms with Crippen molar-refractivity contribution in [1.29, 1.82) is 0 Å². The molecule has 0 spiro atoms. The number of hydrogen-bond acceptors (Lipinski definition) is 2. The largest absolute Gasteiger partial charge is 0.330 e. The standard InChI is InChI=1S/C16H26N2O/c1-16(2,3)13-8-10-14(11-9-13)18-15(19)7-5-4-6-12-17/h8-11H,4-7,12,17H2,1-3H3,(H,18,19). The third kappa shape index (κ3) is 5.88. The van der Waals surface area contributed by atoms with E-state index in [2.05, 4.69) is 38.2 Å². The number of carbonyl (C=O) groups excluding carboxylic acids is 1. The number of hydrogen-bond donors (Lipinski definition) is 2. The number of nitrogens with two attached hydrogens (primary N) is 1. The van der Waals surface area contributed by atoms with Crippen LogP contribution in [0.25, 0.3) is 0 Å². The predicted molar refractivity (Wildman–Crippen MR) is 81.3 cm³/mol. The summed E-state index contributed by atoms with van der Waals surface area (Å²) in [4.78, 5) is 11.7. The molecule has 0 heterocycles. The van der Waals surface area contributed by atoms with Crippen LogP contribution in [0.4, 0.5) is 5.69 Å². The SMILES string of the molecule is CC(C)(C)c1ccc(NC(=O)CCCCCN)cc1. The molecule has 0 saturated carbocycles. The molecule has 0 aliphatic heterocycles. The molecule has 0 saturated heterocycles. The molecule has 106 valence electrons. The number of anilines is 1. The summed E-state index contributed by atoms with van der Waals surface area (Å²) in [5, 5.41) is 2.93. The first-order valence-electron chi connectivity index (χ1n) is 7.04. The number of rotatable bonds is 6. The van der Waals surface area contributed by atoms with E-state index in [1.165, 1.54) is 5.56 Å². The molecule has 1 aromatic rings. The highest BCUT2D eigenvalue weighted by Gasteiger charge is 2.13. The molecular weight excluding hydrogens is 236 g/mol. The van der Waals surface area contributed by atoms with Crippen LogP contribution in [0.15, 0.2) is 24.3 Å².